The molecule has 5 heteroatoms. The molecule has 0 spiro atoms. The Bertz CT molecular complexity index is 3760. The van der Waals surface area contributed by atoms with Crippen LogP contribution >= 0.6 is 0 Å². The van der Waals surface area contributed by atoms with Crippen molar-refractivity contribution >= 4 is 39.0 Å². The number of rotatable bonds is 8. The van der Waals surface area contributed by atoms with Gasteiger partial charge >= 0.3 is 0 Å². The summed E-state index contributed by atoms with van der Waals surface area (Å²) in [5.41, 5.74) is 18.5. The first kappa shape index (κ1) is 40.0. The number of para-hydroxylation sites is 5. The number of hydrogen-bond acceptors (Lipinski definition) is 5. The fourth-order valence-electron chi connectivity index (χ4n) is 9.64. The highest BCUT2D eigenvalue weighted by Gasteiger charge is 2.25. The minimum Gasteiger partial charge on any atom is -0.455 e. The predicted octanol–water partition coefficient (Wildman–Crippen LogP) is 17.6. The van der Waals surface area contributed by atoms with Gasteiger partial charge in [0.25, 0.3) is 0 Å². The second kappa shape index (κ2) is 16.8. The highest BCUT2D eigenvalue weighted by atomic mass is 16.5. The summed E-state index contributed by atoms with van der Waals surface area (Å²) in [4.78, 5) is 12.4. The third-order valence-electron chi connectivity index (χ3n) is 13.1. The molecule has 3 heterocycles. The predicted molar refractivity (Wildman–Crippen MR) is 282 cm³/mol. The monoisotopic (exact) mass is 883 g/mol. The maximum atomic E-state index is 6.67. The molecular formula is C64H41N3O2. The van der Waals surface area contributed by atoms with Crippen LogP contribution in [0, 0.1) is 0 Å². The van der Waals surface area contributed by atoms with Crippen molar-refractivity contribution in [1.29, 1.82) is 0 Å². The van der Waals surface area contributed by atoms with Crippen LogP contribution in [-0.4, -0.2) is 9.97 Å². The number of ether oxygens (including phenoxy) is 1. The fourth-order valence-corrected chi connectivity index (χ4v) is 9.64. The smallest absolute Gasteiger partial charge is 0.160 e. The van der Waals surface area contributed by atoms with Gasteiger partial charge in [0.05, 0.1) is 22.8 Å². The van der Waals surface area contributed by atoms with Gasteiger partial charge in [-0.15, -0.1) is 0 Å². The van der Waals surface area contributed by atoms with Crippen molar-refractivity contribution in [3.8, 4) is 89.9 Å². The summed E-state index contributed by atoms with van der Waals surface area (Å²) in [5, 5.41) is 2.18. The van der Waals surface area contributed by atoms with E-state index in [2.05, 4.69) is 187 Å². The van der Waals surface area contributed by atoms with Crippen LogP contribution in [0.3, 0.4) is 0 Å². The standard InChI is InChI=1S/C64H41N3O2/c1-3-15-45(16-4-1)56-41-57(66-64(65-56)46-17-5-2-6-18-46)50-22-14-20-48(38-50)42-29-31-44(32-30-42)54-39-51(40-55-53-23-7-10-26-60(53)69-63(54)55)49-21-13-19-47(37-49)43-33-35-52(36-34-43)67-58-24-8-11-27-61(58)68-62-28-12-9-25-59(62)67/h1-41H. The van der Waals surface area contributed by atoms with Crippen LogP contribution in [0.25, 0.3) is 100 Å². The number of hydrogen-bond donors (Lipinski definition) is 0. The lowest BCUT2D eigenvalue weighted by Gasteiger charge is -2.32. The molecule has 0 fully saturated rings. The maximum Gasteiger partial charge on any atom is 0.160 e. The Morgan fingerprint density at radius 3 is 1.51 bits per heavy atom. The Balaban J connectivity index is 0.844. The molecule has 2 aromatic heterocycles. The van der Waals surface area contributed by atoms with Crippen LogP contribution in [-0.2, 0) is 0 Å². The number of anilines is 3. The van der Waals surface area contributed by atoms with Crippen molar-refractivity contribution in [3.05, 3.63) is 249 Å². The molecule has 13 rings (SSSR count). The summed E-state index contributed by atoms with van der Waals surface area (Å²) in [7, 11) is 0. The Labute approximate surface area is 399 Å². The third-order valence-corrected chi connectivity index (χ3v) is 13.1. The van der Waals surface area contributed by atoms with Crippen molar-refractivity contribution < 1.29 is 9.15 Å². The van der Waals surface area contributed by atoms with Crippen molar-refractivity contribution in [1.82, 2.24) is 9.97 Å². The van der Waals surface area contributed by atoms with Gasteiger partial charge in [-0.05, 0) is 112 Å². The zero-order valence-electron chi connectivity index (χ0n) is 37.3. The summed E-state index contributed by atoms with van der Waals surface area (Å²) in [6.45, 7) is 0. The molecule has 10 aromatic carbocycles. The van der Waals surface area contributed by atoms with Crippen LogP contribution in [0.1, 0.15) is 0 Å². The lowest BCUT2D eigenvalue weighted by molar-refractivity contribution is 0.477. The van der Waals surface area contributed by atoms with Crippen LogP contribution in [0.2, 0.25) is 0 Å². The van der Waals surface area contributed by atoms with Crippen molar-refractivity contribution in [2.75, 3.05) is 4.90 Å². The Kier molecular flexibility index (Phi) is 9.76. The summed E-state index contributed by atoms with van der Waals surface area (Å²) in [5.74, 6) is 2.38. The third kappa shape index (κ3) is 7.39. The second-order valence-corrected chi connectivity index (χ2v) is 17.4. The van der Waals surface area contributed by atoms with Crippen molar-refractivity contribution in [3.63, 3.8) is 0 Å². The van der Waals surface area contributed by atoms with E-state index < -0.39 is 0 Å². The van der Waals surface area contributed by atoms with Crippen LogP contribution < -0.4 is 9.64 Å². The summed E-state index contributed by atoms with van der Waals surface area (Å²) in [6, 6.07) is 86.9. The molecular weight excluding hydrogens is 843 g/mol. The van der Waals surface area contributed by atoms with Crippen molar-refractivity contribution in [2.24, 2.45) is 0 Å². The molecule has 12 aromatic rings. The largest absolute Gasteiger partial charge is 0.455 e. The average Bonchev–Trinajstić information content (AvgIpc) is 3.81. The first-order valence-electron chi connectivity index (χ1n) is 23.2. The zero-order chi connectivity index (χ0) is 45.7. The average molecular weight is 884 g/mol. The molecule has 1 aliphatic heterocycles. The van der Waals surface area contributed by atoms with E-state index in [1.54, 1.807) is 0 Å². The molecule has 69 heavy (non-hydrogen) atoms. The van der Waals surface area contributed by atoms with E-state index in [1.165, 1.54) is 0 Å². The molecule has 0 N–H and O–H groups in total. The van der Waals surface area contributed by atoms with Crippen LogP contribution in [0.4, 0.5) is 17.1 Å². The Morgan fingerprint density at radius 1 is 0.319 bits per heavy atom. The fraction of sp³-hybridized carbons (Fsp3) is 0. The number of aromatic nitrogens is 2. The minimum absolute atomic E-state index is 0.698. The molecule has 0 saturated heterocycles. The van der Waals surface area contributed by atoms with E-state index in [0.29, 0.717) is 5.82 Å². The van der Waals surface area contributed by atoms with Gasteiger partial charge in [-0.2, -0.15) is 0 Å². The molecule has 0 bridgehead atoms. The van der Waals surface area contributed by atoms with E-state index in [4.69, 9.17) is 19.1 Å². The minimum atomic E-state index is 0.698. The highest BCUT2D eigenvalue weighted by Crippen LogP contribution is 2.50. The van der Waals surface area contributed by atoms with Crippen LogP contribution in [0.15, 0.2) is 253 Å². The first-order chi connectivity index (χ1) is 34.2. The molecule has 0 saturated carbocycles. The SMILES string of the molecule is c1ccc(-c2cc(-c3cccc(-c4ccc(-c5cc(-c6cccc(-c7ccc(N8c9ccccc9Oc9ccccc98)cc7)c6)cc6c5oc5ccccc56)cc4)c3)nc(-c3ccccc3)n2)cc1. The molecule has 5 nitrogen and oxygen atoms in total. The topological polar surface area (TPSA) is 51.4 Å². The van der Waals surface area contributed by atoms with Crippen LogP contribution in [0.5, 0.6) is 11.5 Å². The van der Waals surface area contributed by atoms with Gasteiger partial charge in [0.1, 0.15) is 11.2 Å². The molecule has 0 unspecified atom stereocenters. The molecule has 0 aliphatic carbocycles. The number of fused-ring (bicyclic) bond motifs is 5. The zero-order valence-corrected chi connectivity index (χ0v) is 37.3. The Morgan fingerprint density at radius 2 is 0.826 bits per heavy atom. The van der Waals surface area contributed by atoms with Crippen molar-refractivity contribution in [2.45, 2.75) is 0 Å². The molecule has 0 amide bonds. The summed E-state index contributed by atoms with van der Waals surface area (Å²) in [6.07, 6.45) is 0. The highest BCUT2D eigenvalue weighted by molar-refractivity contribution is 6.11. The first-order valence-corrected chi connectivity index (χ1v) is 23.2. The van der Waals surface area contributed by atoms with Gasteiger partial charge in [0.2, 0.25) is 0 Å². The maximum absolute atomic E-state index is 6.67. The molecule has 0 radical (unpaired) electrons. The number of benzene rings is 10. The quantitative estimate of drug-likeness (QED) is 0.152. The van der Waals surface area contributed by atoms with E-state index in [9.17, 15) is 0 Å². The number of nitrogens with zero attached hydrogens (tertiary/aromatic N) is 3. The molecule has 324 valence electrons. The van der Waals surface area contributed by atoms with Gasteiger partial charge in [0, 0.05) is 38.7 Å². The van der Waals surface area contributed by atoms with E-state index >= 15 is 0 Å². The summed E-state index contributed by atoms with van der Waals surface area (Å²) < 4.78 is 12.9. The molecule has 1 aliphatic rings. The van der Waals surface area contributed by atoms with E-state index in [0.717, 1.165) is 123 Å². The van der Waals surface area contributed by atoms with Gasteiger partial charge in [-0.25, -0.2) is 9.97 Å². The lowest BCUT2D eigenvalue weighted by atomic mass is 9.93. The number of furan rings is 1. The second-order valence-electron chi connectivity index (χ2n) is 17.4. The normalized spacial score (nSPS) is 11.9. The van der Waals surface area contributed by atoms with Gasteiger partial charge in [-0.1, -0.05) is 176 Å². The lowest BCUT2D eigenvalue weighted by Crippen LogP contribution is -2.15. The van der Waals surface area contributed by atoms with Gasteiger partial charge in [0.15, 0.2) is 17.3 Å². The Hall–Kier alpha value is -9.32. The van der Waals surface area contributed by atoms with E-state index in [1.807, 2.05) is 66.7 Å². The summed E-state index contributed by atoms with van der Waals surface area (Å²) >= 11 is 0. The van der Waals surface area contributed by atoms with Gasteiger partial charge in [-0.3, -0.25) is 0 Å². The molecule has 0 atom stereocenters. The van der Waals surface area contributed by atoms with E-state index in [-0.39, 0.29) is 0 Å². The van der Waals surface area contributed by atoms with Gasteiger partial charge < -0.3 is 14.1 Å².